The molecule has 1 heterocycles. The Morgan fingerprint density at radius 3 is 2.41 bits per heavy atom. The first-order valence-electron chi connectivity index (χ1n) is 10.4. The molecule has 4 rings (SSSR count). The zero-order valence-electron chi connectivity index (χ0n) is 18.0. The Morgan fingerprint density at radius 1 is 1.00 bits per heavy atom. The monoisotopic (exact) mass is 451 g/mol. The molecule has 0 bridgehead atoms. The van der Waals surface area contributed by atoms with Crippen LogP contribution in [0, 0.1) is 13.8 Å². The summed E-state index contributed by atoms with van der Waals surface area (Å²) in [5.41, 5.74) is 4.28. The second-order valence-corrected chi connectivity index (χ2v) is 9.94. The maximum absolute atomic E-state index is 13.6. The van der Waals surface area contributed by atoms with E-state index in [0.717, 1.165) is 22.3 Å². The number of aryl methyl sites for hydroxylation is 2. The third-order valence-electron chi connectivity index (χ3n) is 5.53. The van der Waals surface area contributed by atoms with E-state index in [0.29, 0.717) is 11.4 Å². The van der Waals surface area contributed by atoms with E-state index >= 15 is 0 Å². The van der Waals surface area contributed by atoms with Crippen LogP contribution in [0.2, 0.25) is 0 Å². The maximum atomic E-state index is 13.6. The van der Waals surface area contributed by atoms with Gasteiger partial charge >= 0.3 is 5.97 Å². The molecule has 3 aromatic carbocycles. The maximum Gasteiger partial charge on any atom is 0.303 e. The summed E-state index contributed by atoms with van der Waals surface area (Å²) in [6.07, 6.45) is -0.433. The van der Waals surface area contributed by atoms with Crippen molar-refractivity contribution in [2.45, 2.75) is 37.7 Å². The Bertz CT molecular complexity index is 1250. The Kier molecular flexibility index (Phi) is 5.93. The van der Waals surface area contributed by atoms with Crippen molar-refractivity contribution < 1.29 is 23.1 Å². The van der Waals surface area contributed by atoms with E-state index in [1.807, 2.05) is 56.3 Å². The van der Waals surface area contributed by atoms with Crippen LogP contribution in [0.15, 0.2) is 71.6 Å². The van der Waals surface area contributed by atoms with Crippen molar-refractivity contribution in [3.05, 3.63) is 77.9 Å². The smallest absolute Gasteiger partial charge is 0.303 e. The Balaban J connectivity index is 1.79. The largest absolute Gasteiger partial charge is 0.486 e. The summed E-state index contributed by atoms with van der Waals surface area (Å²) < 4.78 is 34.6. The van der Waals surface area contributed by atoms with Gasteiger partial charge in [-0.2, -0.15) is 0 Å². The lowest BCUT2D eigenvalue weighted by atomic mass is 10.0. The van der Waals surface area contributed by atoms with Gasteiger partial charge in [-0.15, -0.1) is 0 Å². The lowest BCUT2D eigenvalue weighted by Crippen LogP contribution is -2.43. The van der Waals surface area contributed by atoms with Gasteiger partial charge in [0.1, 0.15) is 11.9 Å². The molecule has 1 N–H and O–H groups in total. The molecular weight excluding hydrogens is 426 g/mol. The van der Waals surface area contributed by atoms with Crippen LogP contribution in [0.25, 0.3) is 11.1 Å². The zero-order chi connectivity index (χ0) is 22.9. The molecule has 166 valence electrons. The fourth-order valence-corrected chi connectivity index (χ4v) is 5.41. The Labute approximate surface area is 188 Å². The quantitative estimate of drug-likeness (QED) is 0.582. The number of nitrogens with zero attached hydrogens (tertiary/aromatic N) is 1. The molecule has 32 heavy (non-hydrogen) atoms. The van der Waals surface area contributed by atoms with Crippen molar-refractivity contribution in [1.29, 1.82) is 0 Å². The van der Waals surface area contributed by atoms with Crippen molar-refractivity contribution in [3.8, 4) is 16.9 Å². The summed E-state index contributed by atoms with van der Waals surface area (Å²) in [7, 11) is -3.87. The van der Waals surface area contributed by atoms with Gasteiger partial charge in [-0.1, -0.05) is 48.0 Å². The highest BCUT2D eigenvalue weighted by atomic mass is 32.2. The minimum Gasteiger partial charge on any atom is -0.486 e. The van der Waals surface area contributed by atoms with Crippen LogP contribution in [-0.2, 0) is 14.8 Å². The van der Waals surface area contributed by atoms with Crippen molar-refractivity contribution in [2.24, 2.45) is 0 Å². The number of carboxylic acids is 1. The molecule has 0 unspecified atom stereocenters. The standard InChI is InChI=1S/C25H25NO5S/c1-17-6-8-19(9-7-17)20-10-12-24-23(15-20)26(16-21(31-24)11-13-25(27)28)32(29,30)22-5-3-4-18(2)14-22/h3-10,12,14-15,21H,11,13,16H2,1-2H3,(H,27,28)/t21-/m0/s1. The van der Waals surface area contributed by atoms with Gasteiger partial charge in [0, 0.05) is 6.42 Å². The van der Waals surface area contributed by atoms with Crippen molar-refractivity contribution in [2.75, 3.05) is 10.8 Å². The molecule has 0 aromatic heterocycles. The third-order valence-corrected chi connectivity index (χ3v) is 7.31. The van der Waals surface area contributed by atoms with E-state index in [-0.39, 0.29) is 24.3 Å². The van der Waals surface area contributed by atoms with Gasteiger partial charge in [0.2, 0.25) is 0 Å². The van der Waals surface area contributed by atoms with Gasteiger partial charge in [0.15, 0.2) is 0 Å². The highest BCUT2D eigenvalue weighted by Crippen LogP contribution is 2.40. The fraction of sp³-hybridized carbons (Fsp3) is 0.240. The molecule has 3 aromatic rings. The predicted octanol–water partition coefficient (Wildman–Crippen LogP) is 4.79. The number of carbonyl (C=O) groups is 1. The fourth-order valence-electron chi connectivity index (χ4n) is 3.80. The minimum absolute atomic E-state index is 0.0495. The molecule has 6 nitrogen and oxygen atoms in total. The van der Waals surface area contributed by atoms with Crippen molar-refractivity contribution in [1.82, 2.24) is 0 Å². The topological polar surface area (TPSA) is 83.9 Å². The number of anilines is 1. The molecule has 7 heteroatoms. The number of benzene rings is 3. The number of hydrogen-bond donors (Lipinski definition) is 1. The summed E-state index contributed by atoms with van der Waals surface area (Å²) >= 11 is 0. The van der Waals surface area contributed by atoms with Crippen molar-refractivity contribution >= 4 is 21.7 Å². The van der Waals surface area contributed by atoms with E-state index < -0.39 is 22.1 Å². The average Bonchev–Trinajstić information content (AvgIpc) is 2.77. The first-order valence-corrected chi connectivity index (χ1v) is 11.9. The van der Waals surface area contributed by atoms with Crippen LogP contribution in [0.3, 0.4) is 0 Å². The van der Waals surface area contributed by atoms with Crippen LogP contribution in [-0.4, -0.2) is 32.1 Å². The van der Waals surface area contributed by atoms with Crippen LogP contribution in [0.5, 0.6) is 5.75 Å². The number of aliphatic carboxylic acids is 1. The summed E-state index contributed by atoms with van der Waals surface area (Å²) in [6, 6.07) is 20.3. The highest BCUT2D eigenvalue weighted by Gasteiger charge is 2.35. The van der Waals surface area contributed by atoms with E-state index in [1.165, 1.54) is 4.31 Å². The van der Waals surface area contributed by atoms with Gasteiger partial charge in [-0.05, 0) is 61.2 Å². The first-order chi connectivity index (χ1) is 15.2. The Hall–Kier alpha value is -3.32. The Morgan fingerprint density at radius 2 is 1.72 bits per heavy atom. The van der Waals surface area contributed by atoms with Crippen LogP contribution in [0.4, 0.5) is 5.69 Å². The molecule has 0 fully saturated rings. The number of hydrogen-bond acceptors (Lipinski definition) is 4. The molecule has 1 atom stereocenters. The van der Waals surface area contributed by atoms with Crippen molar-refractivity contribution in [3.63, 3.8) is 0 Å². The number of ether oxygens (including phenoxy) is 1. The van der Waals surface area contributed by atoms with E-state index in [1.54, 1.807) is 24.3 Å². The van der Waals surface area contributed by atoms with Crippen LogP contribution < -0.4 is 9.04 Å². The highest BCUT2D eigenvalue weighted by molar-refractivity contribution is 7.92. The van der Waals surface area contributed by atoms with Gasteiger partial charge in [0.05, 0.1) is 17.1 Å². The number of rotatable bonds is 6. The second kappa shape index (κ2) is 8.67. The number of carboxylic acid groups (broad SMARTS) is 1. The van der Waals surface area contributed by atoms with Gasteiger partial charge in [-0.3, -0.25) is 9.10 Å². The lowest BCUT2D eigenvalue weighted by molar-refractivity contribution is -0.137. The lowest BCUT2D eigenvalue weighted by Gasteiger charge is -2.35. The molecule has 0 radical (unpaired) electrons. The summed E-state index contributed by atoms with van der Waals surface area (Å²) in [6.45, 7) is 3.91. The van der Waals surface area contributed by atoms with E-state index in [4.69, 9.17) is 9.84 Å². The molecule has 0 amide bonds. The van der Waals surface area contributed by atoms with Gasteiger partial charge in [-0.25, -0.2) is 8.42 Å². The molecule has 0 saturated carbocycles. The first kappa shape index (κ1) is 21.9. The van der Waals surface area contributed by atoms with E-state index in [9.17, 15) is 13.2 Å². The number of fused-ring (bicyclic) bond motifs is 1. The van der Waals surface area contributed by atoms with Gasteiger partial charge < -0.3 is 9.84 Å². The molecule has 1 aliphatic heterocycles. The number of sulfonamides is 1. The minimum atomic E-state index is -3.87. The summed E-state index contributed by atoms with van der Waals surface area (Å²) in [5.74, 6) is -0.513. The summed E-state index contributed by atoms with van der Waals surface area (Å²) in [5, 5.41) is 9.07. The molecule has 0 aliphatic carbocycles. The molecule has 1 aliphatic rings. The molecule has 0 saturated heterocycles. The average molecular weight is 452 g/mol. The molecule has 0 spiro atoms. The second-order valence-electron chi connectivity index (χ2n) is 8.07. The van der Waals surface area contributed by atoms with Gasteiger partial charge in [0.25, 0.3) is 10.0 Å². The normalized spacial score (nSPS) is 15.7. The third kappa shape index (κ3) is 4.48. The SMILES string of the molecule is Cc1ccc(-c2ccc3c(c2)N(S(=O)(=O)c2cccc(C)c2)C[C@H](CCC(=O)O)O3)cc1. The predicted molar refractivity (Wildman–Crippen MR) is 124 cm³/mol. The van der Waals surface area contributed by atoms with Crippen LogP contribution >= 0.6 is 0 Å². The summed E-state index contributed by atoms with van der Waals surface area (Å²) in [4.78, 5) is 11.3. The van der Waals surface area contributed by atoms with E-state index in [2.05, 4.69) is 0 Å². The molecular formula is C25H25NO5S. The zero-order valence-corrected chi connectivity index (χ0v) is 18.8. The van der Waals surface area contributed by atoms with Crippen LogP contribution in [0.1, 0.15) is 24.0 Å².